The van der Waals surface area contributed by atoms with E-state index in [2.05, 4.69) is 47.3 Å². The van der Waals surface area contributed by atoms with Gasteiger partial charge in [-0.05, 0) is 44.0 Å². The number of benzene rings is 1. The first-order chi connectivity index (χ1) is 13.4. The van der Waals surface area contributed by atoms with E-state index in [0.29, 0.717) is 56.5 Å². The van der Waals surface area contributed by atoms with E-state index < -0.39 is 5.79 Å². The lowest BCUT2D eigenvalue weighted by atomic mass is 10.0. The van der Waals surface area contributed by atoms with Gasteiger partial charge in [0.25, 0.3) is 5.91 Å². The van der Waals surface area contributed by atoms with Gasteiger partial charge in [0.1, 0.15) is 17.3 Å². The molecule has 1 aromatic heterocycles. The molecule has 7 heteroatoms. The van der Waals surface area contributed by atoms with Crippen molar-refractivity contribution in [3.05, 3.63) is 46.9 Å². The Balaban J connectivity index is 1.49. The predicted octanol–water partition coefficient (Wildman–Crippen LogP) is 3.12. The molecule has 0 aliphatic carbocycles. The highest BCUT2D eigenvalue weighted by Crippen LogP contribution is 2.31. The van der Waals surface area contributed by atoms with E-state index in [1.54, 1.807) is 13.0 Å². The van der Waals surface area contributed by atoms with E-state index in [9.17, 15) is 4.79 Å². The highest BCUT2D eigenvalue weighted by Gasteiger charge is 2.41. The fourth-order valence-electron chi connectivity index (χ4n) is 3.93. The summed E-state index contributed by atoms with van der Waals surface area (Å²) in [7, 11) is 0. The molecule has 2 aliphatic rings. The number of anilines is 2. The fourth-order valence-corrected chi connectivity index (χ4v) is 3.93. The van der Waals surface area contributed by atoms with Crippen molar-refractivity contribution in [3.63, 3.8) is 0 Å². The van der Waals surface area contributed by atoms with Crippen LogP contribution in [0.3, 0.4) is 0 Å². The zero-order chi connectivity index (χ0) is 19.7. The summed E-state index contributed by atoms with van der Waals surface area (Å²) in [6.07, 6.45) is 1.38. The normalized spacial score (nSPS) is 18.5. The van der Waals surface area contributed by atoms with Crippen molar-refractivity contribution in [3.8, 4) is 0 Å². The summed E-state index contributed by atoms with van der Waals surface area (Å²) in [4.78, 5) is 23.6. The van der Waals surface area contributed by atoms with Crippen LogP contribution in [-0.4, -0.2) is 52.9 Å². The number of nitrogens with one attached hydrogen (secondary N) is 1. The quantitative estimate of drug-likeness (QED) is 0.879. The van der Waals surface area contributed by atoms with Crippen LogP contribution in [0.2, 0.25) is 0 Å². The molecule has 1 aromatic carbocycles. The van der Waals surface area contributed by atoms with Crippen molar-refractivity contribution < 1.29 is 14.3 Å². The van der Waals surface area contributed by atoms with Gasteiger partial charge in [0.15, 0.2) is 5.79 Å². The monoisotopic (exact) mass is 382 g/mol. The number of piperidine rings is 1. The summed E-state index contributed by atoms with van der Waals surface area (Å²) >= 11 is 0. The first-order valence-electron chi connectivity index (χ1n) is 9.71. The number of aryl methyl sites for hydroxylation is 3. The summed E-state index contributed by atoms with van der Waals surface area (Å²) in [6, 6.07) is 7.95. The molecule has 1 N–H and O–H groups in total. The van der Waals surface area contributed by atoms with Crippen molar-refractivity contribution in [1.29, 1.82) is 0 Å². The van der Waals surface area contributed by atoms with Crippen LogP contribution in [0.25, 0.3) is 0 Å². The molecule has 0 saturated carbocycles. The number of amides is 1. The fraction of sp³-hybridized carbons (Fsp3) is 0.476. The minimum atomic E-state index is -0.492. The Labute approximate surface area is 165 Å². The van der Waals surface area contributed by atoms with E-state index in [4.69, 9.17) is 9.47 Å². The molecule has 0 unspecified atom stereocenters. The summed E-state index contributed by atoms with van der Waals surface area (Å²) < 4.78 is 11.5. The second-order valence-corrected chi connectivity index (χ2v) is 7.59. The predicted molar refractivity (Wildman–Crippen MR) is 106 cm³/mol. The second kappa shape index (κ2) is 7.48. The van der Waals surface area contributed by atoms with Crippen LogP contribution in [0.15, 0.2) is 24.3 Å². The maximum atomic E-state index is 13.0. The second-order valence-electron chi connectivity index (χ2n) is 7.59. The minimum absolute atomic E-state index is 0.0816. The molecule has 1 spiro atoms. The Morgan fingerprint density at radius 2 is 1.64 bits per heavy atom. The molecule has 4 rings (SSSR count). The molecule has 2 fully saturated rings. The number of hydrogen-bond acceptors (Lipinski definition) is 6. The molecule has 0 atom stereocenters. The summed E-state index contributed by atoms with van der Waals surface area (Å²) in [5.74, 6) is 0.612. The first-order valence-corrected chi connectivity index (χ1v) is 9.71. The Morgan fingerprint density at radius 3 is 2.29 bits per heavy atom. The number of carbonyl (C=O) groups is 1. The van der Waals surface area contributed by atoms with Gasteiger partial charge in [0.2, 0.25) is 0 Å². The van der Waals surface area contributed by atoms with Crippen molar-refractivity contribution in [2.24, 2.45) is 0 Å². The van der Waals surface area contributed by atoms with Crippen molar-refractivity contribution in [2.75, 3.05) is 31.6 Å². The third kappa shape index (κ3) is 4.00. The number of hydrogen-bond donors (Lipinski definition) is 1. The average Bonchev–Trinajstić information content (AvgIpc) is 3.08. The van der Waals surface area contributed by atoms with Gasteiger partial charge in [-0.1, -0.05) is 6.07 Å². The Bertz CT molecular complexity index is 863. The van der Waals surface area contributed by atoms with E-state index in [-0.39, 0.29) is 5.91 Å². The standard InChI is InChI=1S/C21H26N4O3/c1-14-10-15(2)12-17(11-14)24-19-13-18(22-16(3)23-19)20(26)25-6-4-21(5-7-25)27-8-9-28-21/h10-13H,4-9H2,1-3H3,(H,22,23,24). The van der Waals surface area contributed by atoms with E-state index >= 15 is 0 Å². The molecular formula is C21H26N4O3. The van der Waals surface area contributed by atoms with E-state index in [1.807, 2.05) is 4.90 Å². The number of carbonyl (C=O) groups excluding carboxylic acids is 1. The van der Waals surface area contributed by atoms with Crippen LogP contribution in [0.4, 0.5) is 11.5 Å². The zero-order valence-corrected chi connectivity index (χ0v) is 16.6. The van der Waals surface area contributed by atoms with Crippen molar-refractivity contribution >= 4 is 17.4 Å². The SMILES string of the molecule is Cc1cc(C)cc(Nc2cc(C(=O)N3CCC4(CC3)OCCO4)nc(C)n2)c1. The highest BCUT2D eigenvalue weighted by molar-refractivity contribution is 5.93. The molecule has 7 nitrogen and oxygen atoms in total. The van der Waals surface area contributed by atoms with Gasteiger partial charge >= 0.3 is 0 Å². The van der Waals surface area contributed by atoms with Crippen LogP contribution >= 0.6 is 0 Å². The lowest BCUT2D eigenvalue weighted by molar-refractivity contribution is -0.181. The van der Waals surface area contributed by atoms with Gasteiger partial charge in [-0.15, -0.1) is 0 Å². The first kappa shape index (κ1) is 18.8. The molecule has 2 aliphatic heterocycles. The largest absolute Gasteiger partial charge is 0.347 e. The zero-order valence-electron chi connectivity index (χ0n) is 16.6. The Hall–Kier alpha value is -2.51. The lowest BCUT2D eigenvalue weighted by Crippen LogP contribution is -2.47. The molecule has 0 radical (unpaired) electrons. The van der Waals surface area contributed by atoms with Gasteiger partial charge in [0, 0.05) is 37.7 Å². The summed E-state index contributed by atoms with van der Waals surface area (Å²) in [5.41, 5.74) is 3.69. The lowest BCUT2D eigenvalue weighted by Gasteiger charge is -2.37. The van der Waals surface area contributed by atoms with Gasteiger partial charge in [0.05, 0.1) is 13.2 Å². The maximum Gasteiger partial charge on any atom is 0.272 e. The molecule has 3 heterocycles. The number of ether oxygens (including phenoxy) is 2. The van der Waals surface area contributed by atoms with Crippen molar-refractivity contribution in [2.45, 2.75) is 39.4 Å². The number of nitrogens with zero attached hydrogens (tertiary/aromatic N) is 3. The van der Waals surface area contributed by atoms with Gasteiger partial charge in [-0.25, -0.2) is 9.97 Å². The summed E-state index contributed by atoms with van der Waals surface area (Å²) in [5, 5.41) is 3.30. The third-order valence-electron chi connectivity index (χ3n) is 5.18. The molecule has 148 valence electrons. The molecule has 1 amide bonds. The number of likely N-dealkylation sites (tertiary alicyclic amines) is 1. The Kier molecular flexibility index (Phi) is 5.03. The Morgan fingerprint density at radius 1 is 1.00 bits per heavy atom. The molecule has 0 bridgehead atoms. The summed E-state index contributed by atoms with van der Waals surface area (Å²) in [6.45, 7) is 8.37. The molecular weight excluding hydrogens is 356 g/mol. The minimum Gasteiger partial charge on any atom is -0.347 e. The van der Waals surface area contributed by atoms with Crippen LogP contribution in [-0.2, 0) is 9.47 Å². The van der Waals surface area contributed by atoms with E-state index in [0.717, 1.165) is 5.69 Å². The average molecular weight is 382 g/mol. The van der Waals surface area contributed by atoms with Gasteiger partial charge in [-0.3, -0.25) is 4.79 Å². The van der Waals surface area contributed by atoms with E-state index in [1.165, 1.54) is 11.1 Å². The smallest absolute Gasteiger partial charge is 0.272 e. The van der Waals surface area contributed by atoms with Gasteiger partial charge in [-0.2, -0.15) is 0 Å². The third-order valence-corrected chi connectivity index (χ3v) is 5.18. The van der Waals surface area contributed by atoms with Crippen LogP contribution in [0.1, 0.15) is 40.3 Å². The molecule has 2 saturated heterocycles. The highest BCUT2D eigenvalue weighted by atomic mass is 16.7. The van der Waals surface area contributed by atoms with Crippen molar-refractivity contribution in [1.82, 2.24) is 14.9 Å². The maximum absolute atomic E-state index is 13.0. The topological polar surface area (TPSA) is 76.6 Å². The van der Waals surface area contributed by atoms with Crippen LogP contribution in [0.5, 0.6) is 0 Å². The van der Waals surface area contributed by atoms with Gasteiger partial charge < -0.3 is 19.7 Å². The number of rotatable bonds is 3. The molecule has 2 aromatic rings. The van der Waals surface area contributed by atoms with Crippen LogP contribution in [0, 0.1) is 20.8 Å². The van der Waals surface area contributed by atoms with Crippen LogP contribution < -0.4 is 5.32 Å². The number of aromatic nitrogens is 2. The molecule has 28 heavy (non-hydrogen) atoms.